The largest absolute Gasteiger partial charge is 0.493 e. The smallest absolute Gasteiger partial charge is 0.123 e. The van der Waals surface area contributed by atoms with Gasteiger partial charge < -0.3 is 4.74 Å². The molecule has 0 bridgehead atoms. The maximum atomic E-state index is 5.89. The van der Waals surface area contributed by atoms with Crippen LogP contribution >= 0.6 is 0 Å². The van der Waals surface area contributed by atoms with Crippen LogP contribution in [0.5, 0.6) is 5.75 Å². The van der Waals surface area contributed by atoms with Gasteiger partial charge >= 0.3 is 0 Å². The van der Waals surface area contributed by atoms with E-state index in [9.17, 15) is 0 Å². The summed E-state index contributed by atoms with van der Waals surface area (Å²) in [4.78, 5) is 0. The van der Waals surface area contributed by atoms with E-state index in [0.29, 0.717) is 5.92 Å². The molecule has 1 aliphatic carbocycles. The first kappa shape index (κ1) is 12.2. The van der Waals surface area contributed by atoms with Crippen molar-refractivity contribution in [2.75, 3.05) is 6.61 Å². The van der Waals surface area contributed by atoms with E-state index in [1.54, 1.807) is 0 Å². The number of hydrogen-bond donors (Lipinski definition) is 0. The quantitative estimate of drug-likeness (QED) is 0.647. The molecule has 0 radical (unpaired) electrons. The average molecular weight is 230 g/mol. The summed E-state index contributed by atoms with van der Waals surface area (Å²) in [6.07, 6.45) is 5.70. The van der Waals surface area contributed by atoms with Crippen molar-refractivity contribution in [3.63, 3.8) is 0 Å². The van der Waals surface area contributed by atoms with E-state index < -0.39 is 0 Å². The Hall–Kier alpha value is -1.24. The topological polar surface area (TPSA) is 9.23 Å². The molecule has 1 aromatic rings. The minimum absolute atomic E-state index is 0.413. The molecule has 17 heavy (non-hydrogen) atoms. The van der Waals surface area contributed by atoms with Gasteiger partial charge in [0, 0.05) is 5.56 Å². The SMILES string of the molecule is C=CC(C)c1cccc(OCCC)c1C1CC1. The minimum atomic E-state index is 0.413. The zero-order valence-corrected chi connectivity index (χ0v) is 10.9. The highest BCUT2D eigenvalue weighted by molar-refractivity contribution is 5.47. The predicted molar refractivity (Wildman–Crippen MR) is 72.8 cm³/mol. The molecular weight excluding hydrogens is 208 g/mol. The molecule has 0 aliphatic heterocycles. The van der Waals surface area contributed by atoms with Gasteiger partial charge in [-0.1, -0.05) is 32.1 Å². The zero-order valence-electron chi connectivity index (χ0n) is 10.9. The van der Waals surface area contributed by atoms with Crippen molar-refractivity contribution in [3.8, 4) is 5.75 Å². The molecule has 0 amide bonds. The Balaban J connectivity index is 2.34. The van der Waals surface area contributed by atoms with Crippen LogP contribution in [0.25, 0.3) is 0 Å². The summed E-state index contributed by atoms with van der Waals surface area (Å²) in [5.41, 5.74) is 2.84. The lowest BCUT2D eigenvalue weighted by atomic mass is 9.92. The van der Waals surface area contributed by atoms with Gasteiger partial charge in [0.15, 0.2) is 0 Å². The summed E-state index contributed by atoms with van der Waals surface area (Å²) >= 11 is 0. The Morgan fingerprint density at radius 2 is 2.24 bits per heavy atom. The van der Waals surface area contributed by atoms with Crippen molar-refractivity contribution in [1.29, 1.82) is 0 Å². The van der Waals surface area contributed by atoms with Crippen molar-refractivity contribution >= 4 is 0 Å². The third-order valence-electron chi connectivity index (χ3n) is 3.39. The van der Waals surface area contributed by atoms with E-state index in [0.717, 1.165) is 24.7 Å². The Morgan fingerprint density at radius 3 is 2.82 bits per heavy atom. The third-order valence-corrected chi connectivity index (χ3v) is 3.39. The highest BCUT2D eigenvalue weighted by Gasteiger charge is 2.30. The second-order valence-corrected chi connectivity index (χ2v) is 4.91. The summed E-state index contributed by atoms with van der Waals surface area (Å²) in [6, 6.07) is 6.44. The normalized spacial score (nSPS) is 16.6. The van der Waals surface area contributed by atoms with Crippen molar-refractivity contribution in [2.24, 2.45) is 0 Å². The first-order valence-electron chi connectivity index (χ1n) is 6.66. The molecule has 1 aliphatic rings. The fourth-order valence-corrected chi connectivity index (χ4v) is 2.23. The molecule has 1 nitrogen and oxygen atoms in total. The van der Waals surface area contributed by atoms with Gasteiger partial charge in [0.05, 0.1) is 6.61 Å². The van der Waals surface area contributed by atoms with E-state index >= 15 is 0 Å². The number of ether oxygens (including phenoxy) is 1. The molecule has 0 spiro atoms. The molecule has 92 valence electrons. The lowest BCUT2D eigenvalue weighted by Gasteiger charge is -2.17. The summed E-state index contributed by atoms with van der Waals surface area (Å²) in [7, 11) is 0. The Bertz CT molecular complexity index is 391. The lowest BCUT2D eigenvalue weighted by Crippen LogP contribution is -2.02. The van der Waals surface area contributed by atoms with Crippen LogP contribution in [0, 0.1) is 0 Å². The maximum absolute atomic E-state index is 5.89. The number of benzene rings is 1. The highest BCUT2D eigenvalue weighted by atomic mass is 16.5. The maximum Gasteiger partial charge on any atom is 0.123 e. The number of hydrogen-bond acceptors (Lipinski definition) is 1. The van der Waals surface area contributed by atoms with Gasteiger partial charge in [-0.25, -0.2) is 0 Å². The van der Waals surface area contributed by atoms with Crippen LogP contribution in [0.3, 0.4) is 0 Å². The first-order chi connectivity index (χ1) is 8.27. The first-order valence-corrected chi connectivity index (χ1v) is 6.66. The predicted octanol–water partition coefficient (Wildman–Crippen LogP) is 4.64. The molecule has 1 saturated carbocycles. The lowest BCUT2D eigenvalue weighted by molar-refractivity contribution is 0.313. The number of rotatable bonds is 6. The van der Waals surface area contributed by atoms with Crippen molar-refractivity contribution in [2.45, 2.75) is 44.9 Å². The van der Waals surface area contributed by atoms with Crippen LogP contribution in [0.15, 0.2) is 30.9 Å². The molecule has 1 fully saturated rings. The molecule has 1 heteroatoms. The minimum Gasteiger partial charge on any atom is -0.493 e. The zero-order chi connectivity index (χ0) is 12.3. The molecule has 1 aromatic carbocycles. The second-order valence-electron chi connectivity index (χ2n) is 4.91. The third kappa shape index (κ3) is 2.71. The van der Waals surface area contributed by atoms with Crippen LogP contribution < -0.4 is 4.74 Å². The van der Waals surface area contributed by atoms with Crippen molar-refractivity contribution < 1.29 is 4.74 Å². The summed E-state index contributed by atoms with van der Waals surface area (Å²) < 4.78 is 5.89. The van der Waals surface area contributed by atoms with Crippen LogP contribution in [0.4, 0.5) is 0 Å². The van der Waals surface area contributed by atoms with E-state index in [-0.39, 0.29) is 0 Å². The molecule has 0 aromatic heterocycles. The fraction of sp³-hybridized carbons (Fsp3) is 0.500. The van der Waals surface area contributed by atoms with Crippen molar-refractivity contribution in [3.05, 3.63) is 42.0 Å². The summed E-state index contributed by atoms with van der Waals surface area (Å²) in [6.45, 7) is 9.07. The van der Waals surface area contributed by atoms with Crippen LogP contribution in [-0.4, -0.2) is 6.61 Å². The van der Waals surface area contributed by atoms with Gasteiger partial charge in [-0.15, -0.1) is 6.58 Å². The van der Waals surface area contributed by atoms with Gasteiger partial charge in [-0.2, -0.15) is 0 Å². The molecule has 0 N–H and O–H groups in total. The molecule has 2 rings (SSSR count). The average Bonchev–Trinajstić information content (AvgIpc) is 3.19. The van der Waals surface area contributed by atoms with Gasteiger partial charge in [0.2, 0.25) is 0 Å². The summed E-state index contributed by atoms with van der Waals surface area (Å²) in [5.74, 6) is 2.23. The molecule has 1 unspecified atom stereocenters. The molecular formula is C16H22O. The van der Waals surface area contributed by atoms with E-state index in [4.69, 9.17) is 4.74 Å². The van der Waals surface area contributed by atoms with Gasteiger partial charge in [0.1, 0.15) is 5.75 Å². The Morgan fingerprint density at radius 1 is 1.47 bits per heavy atom. The Labute approximate surface area is 104 Å². The van der Waals surface area contributed by atoms with Gasteiger partial charge in [0.25, 0.3) is 0 Å². The molecule has 0 heterocycles. The van der Waals surface area contributed by atoms with E-state index in [1.807, 2.05) is 6.08 Å². The van der Waals surface area contributed by atoms with E-state index in [1.165, 1.54) is 24.0 Å². The second kappa shape index (κ2) is 5.39. The van der Waals surface area contributed by atoms with Gasteiger partial charge in [-0.05, 0) is 42.7 Å². The monoisotopic (exact) mass is 230 g/mol. The highest BCUT2D eigenvalue weighted by Crippen LogP contribution is 2.47. The molecule has 1 atom stereocenters. The fourth-order valence-electron chi connectivity index (χ4n) is 2.23. The standard InChI is InChI=1S/C16H22O/c1-4-11-17-15-8-6-7-14(12(3)5-2)16(15)13-9-10-13/h5-8,12-13H,2,4,9-11H2,1,3H3. The van der Waals surface area contributed by atoms with Crippen LogP contribution in [0.1, 0.15) is 56.1 Å². The van der Waals surface area contributed by atoms with Gasteiger partial charge in [-0.3, -0.25) is 0 Å². The number of allylic oxidation sites excluding steroid dienone is 1. The van der Waals surface area contributed by atoms with Crippen molar-refractivity contribution in [1.82, 2.24) is 0 Å². The van der Waals surface area contributed by atoms with Crippen LogP contribution in [0.2, 0.25) is 0 Å². The Kier molecular flexibility index (Phi) is 3.88. The van der Waals surface area contributed by atoms with E-state index in [2.05, 4.69) is 38.6 Å². The molecule has 0 saturated heterocycles. The van der Waals surface area contributed by atoms with Crippen LogP contribution in [-0.2, 0) is 0 Å². The summed E-state index contributed by atoms with van der Waals surface area (Å²) in [5, 5.41) is 0.